The Hall–Kier alpha value is -2.93. The van der Waals surface area contributed by atoms with Gasteiger partial charge in [0.05, 0.1) is 14.2 Å². The van der Waals surface area contributed by atoms with Crippen LogP contribution >= 0.6 is 15.9 Å². The van der Waals surface area contributed by atoms with Crippen LogP contribution in [0.2, 0.25) is 0 Å². The lowest BCUT2D eigenvalue weighted by molar-refractivity contribution is 0.0962. The number of methoxy groups -OCH3 is 2. The number of furan rings is 1. The quantitative estimate of drug-likeness (QED) is 0.516. The maximum absolute atomic E-state index is 12.7. The Labute approximate surface area is 171 Å². The Kier molecular flexibility index (Phi) is 6.26. The molecule has 7 heteroatoms. The van der Waals surface area contributed by atoms with E-state index in [0.29, 0.717) is 22.9 Å². The summed E-state index contributed by atoms with van der Waals surface area (Å²) in [6, 6.07) is 16.1. The zero-order valence-corrected chi connectivity index (χ0v) is 17.4. The first-order chi connectivity index (χ1) is 13.5. The number of nitrogens with zero attached hydrogens (tertiary/aromatic N) is 1. The van der Waals surface area contributed by atoms with Crippen LogP contribution < -0.4 is 19.1 Å². The standard InChI is InChI=1S/C21H20BrNO5/c1-23(15-6-10-18(25-2)20(12-15)26-3)21(24)19-11-9-17(28-19)13-27-16-7-4-14(22)5-8-16/h4-12H,13H2,1-3H3. The molecule has 1 amide bonds. The van der Waals surface area contributed by atoms with Crippen LogP contribution in [-0.4, -0.2) is 27.2 Å². The first-order valence-electron chi connectivity index (χ1n) is 8.49. The summed E-state index contributed by atoms with van der Waals surface area (Å²) in [5.74, 6) is 2.37. The van der Waals surface area contributed by atoms with Crippen molar-refractivity contribution in [3.8, 4) is 17.2 Å². The van der Waals surface area contributed by atoms with Gasteiger partial charge in [-0.2, -0.15) is 0 Å². The molecule has 146 valence electrons. The molecule has 6 nitrogen and oxygen atoms in total. The molecule has 0 aliphatic carbocycles. The van der Waals surface area contributed by atoms with E-state index >= 15 is 0 Å². The molecule has 0 aliphatic heterocycles. The lowest BCUT2D eigenvalue weighted by Gasteiger charge is -2.18. The number of anilines is 1. The summed E-state index contributed by atoms with van der Waals surface area (Å²) < 4.78 is 22.8. The van der Waals surface area contributed by atoms with Crippen molar-refractivity contribution < 1.29 is 23.4 Å². The minimum atomic E-state index is -0.276. The van der Waals surface area contributed by atoms with Crippen LogP contribution in [0.25, 0.3) is 0 Å². The third-order valence-corrected chi connectivity index (χ3v) is 4.65. The lowest BCUT2D eigenvalue weighted by Crippen LogP contribution is -2.25. The van der Waals surface area contributed by atoms with Gasteiger partial charge in [0.2, 0.25) is 0 Å². The van der Waals surface area contributed by atoms with Gasteiger partial charge in [-0.3, -0.25) is 4.79 Å². The van der Waals surface area contributed by atoms with Gasteiger partial charge < -0.3 is 23.5 Å². The van der Waals surface area contributed by atoms with Crippen LogP contribution in [-0.2, 0) is 6.61 Å². The minimum absolute atomic E-state index is 0.228. The third-order valence-electron chi connectivity index (χ3n) is 4.13. The normalized spacial score (nSPS) is 10.4. The van der Waals surface area contributed by atoms with E-state index in [1.165, 1.54) is 4.90 Å². The number of hydrogen-bond donors (Lipinski definition) is 0. The highest BCUT2D eigenvalue weighted by Gasteiger charge is 2.19. The molecule has 3 aromatic rings. The van der Waals surface area contributed by atoms with Crippen molar-refractivity contribution in [2.75, 3.05) is 26.2 Å². The van der Waals surface area contributed by atoms with Gasteiger partial charge in [-0.1, -0.05) is 15.9 Å². The van der Waals surface area contributed by atoms with E-state index in [1.54, 1.807) is 51.6 Å². The number of carbonyl (C=O) groups excluding carboxylic acids is 1. The zero-order valence-electron chi connectivity index (χ0n) is 15.8. The fourth-order valence-corrected chi connectivity index (χ4v) is 2.84. The predicted molar refractivity (Wildman–Crippen MR) is 109 cm³/mol. The van der Waals surface area contributed by atoms with Crippen LogP contribution in [0.5, 0.6) is 17.2 Å². The Morgan fingerprint density at radius 2 is 1.71 bits per heavy atom. The van der Waals surface area contributed by atoms with Crippen molar-refractivity contribution in [3.05, 3.63) is 70.6 Å². The summed E-state index contributed by atoms with van der Waals surface area (Å²) in [6.45, 7) is 0.231. The number of ether oxygens (including phenoxy) is 3. The van der Waals surface area contributed by atoms with Crippen LogP contribution in [0.3, 0.4) is 0 Å². The van der Waals surface area contributed by atoms with Crippen molar-refractivity contribution in [3.63, 3.8) is 0 Å². The van der Waals surface area contributed by atoms with Gasteiger partial charge in [-0.25, -0.2) is 0 Å². The van der Waals surface area contributed by atoms with Gasteiger partial charge in [0, 0.05) is 23.3 Å². The molecule has 0 radical (unpaired) electrons. The second-order valence-corrected chi connectivity index (χ2v) is 6.83. The minimum Gasteiger partial charge on any atom is -0.493 e. The summed E-state index contributed by atoms with van der Waals surface area (Å²) >= 11 is 3.38. The molecular weight excluding hydrogens is 426 g/mol. The molecule has 0 unspecified atom stereocenters. The first kappa shape index (κ1) is 19.8. The van der Waals surface area contributed by atoms with Crippen LogP contribution in [0.4, 0.5) is 5.69 Å². The van der Waals surface area contributed by atoms with Gasteiger partial charge in [-0.15, -0.1) is 0 Å². The Bertz CT molecular complexity index is 952. The van der Waals surface area contributed by atoms with E-state index in [-0.39, 0.29) is 18.3 Å². The monoisotopic (exact) mass is 445 g/mol. The van der Waals surface area contributed by atoms with E-state index in [0.717, 1.165) is 10.2 Å². The summed E-state index contributed by atoms with van der Waals surface area (Å²) in [5, 5.41) is 0. The van der Waals surface area contributed by atoms with Crippen LogP contribution in [0.15, 0.2) is 63.5 Å². The van der Waals surface area contributed by atoms with Gasteiger partial charge >= 0.3 is 0 Å². The number of carbonyl (C=O) groups is 1. The number of amides is 1. The maximum Gasteiger partial charge on any atom is 0.293 e. The summed E-state index contributed by atoms with van der Waals surface area (Å²) in [4.78, 5) is 14.2. The largest absolute Gasteiger partial charge is 0.493 e. The van der Waals surface area contributed by atoms with Crippen molar-refractivity contribution >= 4 is 27.5 Å². The van der Waals surface area contributed by atoms with Crippen molar-refractivity contribution in [1.29, 1.82) is 0 Å². The topological polar surface area (TPSA) is 61.1 Å². The second kappa shape index (κ2) is 8.84. The number of hydrogen-bond acceptors (Lipinski definition) is 5. The van der Waals surface area contributed by atoms with Gasteiger partial charge in [0.1, 0.15) is 18.1 Å². The highest BCUT2D eigenvalue weighted by atomic mass is 79.9. The number of benzene rings is 2. The average Bonchev–Trinajstić information content (AvgIpc) is 3.20. The summed E-state index contributed by atoms with van der Waals surface area (Å²) in [6.07, 6.45) is 0. The van der Waals surface area contributed by atoms with Gasteiger partial charge in [0.15, 0.2) is 17.3 Å². The van der Waals surface area contributed by atoms with Crippen molar-refractivity contribution in [1.82, 2.24) is 0 Å². The number of rotatable bonds is 7. The smallest absolute Gasteiger partial charge is 0.293 e. The van der Waals surface area contributed by atoms with Gasteiger partial charge in [-0.05, 0) is 48.5 Å². The van der Waals surface area contributed by atoms with Crippen molar-refractivity contribution in [2.24, 2.45) is 0 Å². The Balaban J connectivity index is 1.68. The molecule has 28 heavy (non-hydrogen) atoms. The molecule has 1 aromatic heterocycles. The molecule has 1 heterocycles. The zero-order chi connectivity index (χ0) is 20.1. The predicted octanol–water partition coefficient (Wildman–Crippen LogP) is 4.91. The molecule has 0 bridgehead atoms. The van der Waals surface area contributed by atoms with Gasteiger partial charge in [0.25, 0.3) is 5.91 Å². The highest BCUT2D eigenvalue weighted by Crippen LogP contribution is 2.31. The molecule has 0 saturated heterocycles. The van der Waals surface area contributed by atoms with E-state index in [4.69, 9.17) is 18.6 Å². The second-order valence-electron chi connectivity index (χ2n) is 5.91. The summed E-state index contributed by atoms with van der Waals surface area (Å²) in [5.41, 5.74) is 0.659. The SMILES string of the molecule is COc1ccc(N(C)C(=O)c2ccc(COc3ccc(Br)cc3)o2)cc1OC. The average molecular weight is 446 g/mol. The molecule has 3 rings (SSSR count). The van der Waals surface area contributed by atoms with E-state index < -0.39 is 0 Å². The molecular formula is C21H20BrNO5. The molecule has 2 aromatic carbocycles. The number of halogens is 1. The van der Waals surface area contributed by atoms with E-state index in [2.05, 4.69) is 15.9 Å². The molecule has 0 N–H and O–H groups in total. The highest BCUT2D eigenvalue weighted by molar-refractivity contribution is 9.10. The summed E-state index contributed by atoms with van der Waals surface area (Å²) in [7, 11) is 4.78. The van der Waals surface area contributed by atoms with Crippen LogP contribution in [0.1, 0.15) is 16.3 Å². The fraction of sp³-hybridized carbons (Fsp3) is 0.190. The maximum atomic E-state index is 12.7. The molecule has 0 atom stereocenters. The molecule has 0 spiro atoms. The van der Waals surface area contributed by atoms with Crippen molar-refractivity contribution in [2.45, 2.75) is 6.61 Å². The lowest BCUT2D eigenvalue weighted by atomic mass is 10.2. The Morgan fingerprint density at radius 1 is 1.00 bits per heavy atom. The van der Waals surface area contributed by atoms with E-state index in [1.807, 2.05) is 24.3 Å². The van der Waals surface area contributed by atoms with Crippen LogP contribution in [0, 0.1) is 0 Å². The fourth-order valence-electron chi connectivity index (χ4n) is 2.57. The molecule has 0 aliphatic rings. The van der Waals surface area contributed by atoms with E-state index in [9.17, 15) is 4.79 Å². The Morgan fingerprint density at radius 3 is 2.39 bits per heavy atom. The molecule has 0 fully saturated rings. The molecule has 0 saturated carbocycles. The third kappa shape index (κ3) is 4.48. The first-order valence-corrected chi connectivity index (χ1v) is 9.28.